The lowest BCUT2D eigenvalue weighted by Gasteiger charge is -2.35. The summed E-state index contributed by atoms with van der Waals surface area (Å²) in [5.74, 6) is 0.838. The van der Waals surface area contributed by atoms with Gasteiger partial charge < -0.3 is 18.9 Å². The Hall–Kier alpha value is -2.42. The molecule has 0 spiro atoms. The van der Waals surface area contributed by atoms with Crippen LogP contribution in [-0.4, -0.2) is 58.7 Å². The lowest BCUT2D eigenvalue weighted by atomic mass is 10.2. The Balaban J connectivity index is 1.32. The van der Waals surface area contributed by atoms with E-state index >= 15 is 0 Å². The third-order valence-corrected chi connectivity index (χ3v) is 5.43. The predicted octanol–water partition coefficient (Wildman–Crippen LogP) is 2.49. The van der Waals surface area contributed by atoms with Crippen LogP contribution in [0.2, 0.25) is 0 Å². The van der Waals surface area contributed by atoms with E-state index in [-0.39, 0.29) is 11.6 Å². The van der Waals surface area contributed by atoms with Gasteiger partial charge in [-0.2, -0.15) is 0 Å². The summed E-state index contributed by atoms with van der Waals surface area (Å²) in [6.45, 7) is 3.21. The number of aliphatic hydroxyl groups excluding tert-OH is 1. The summed E-state index contributed by atoms with van der Waals surface area (Å²) in [4.78, 5) is 17.5. The van der Waals surface area contributed by atoms with Crippen molar-refractivity contribution in [3.05, 3.63) is 52.5 Å². The van der Waals surface area contributed by atoms with Gasteiger partial charge in [0, 0.05) is 43.7 Å². The number of carbonyl (C=O) groups excluding carboxylic acids is 1. The molecule has 7 nitrogen and oxygen atoms in total. The average molecular weight is 373 g/mol. The van der Waals surface area contributed by atoms with Crippen molar-refractivity contribution in [2.75, 3.05) is 32.7 Å². The van der Waals surface area contributed by atoms with Crippen LogP contribution in [0.3, 0.4) is 0 Å². The number of nitrogens with zero attached hydrogens (tertiary/aromatic N) is 3. The van der Waals surface area contributed by atoms with Crippen LogP contribution in [0.4, 0.5) is 0 Å². The minimum absolute atomic E-state index is 0.148. The lowest BCUT2D eigenvalue weighted by Crippen LogP contribution is -2.49. The van der Waals surface area contributed by atoms with Crippen LogP contribution >= 0.6 is 11.3 Å². The van der Waals surface area contributed by atoms with E-state index < -0.39 is 6.10 Å². The van der Waals surface area contributed by atoms with Crippen LogP contribution in [0.1, 0.15) is 21.5 Å². The Labute approximate surface area is 154 Å². The molecule has 3 aromatic rings. The molecule has 1 saturated heterocycles. The van der Waals surface area contributed by atoms with Gasteiger partial charge in [-0.1, -0.05) is 11.2 Å². The van der Waals surface area contributed by atoms with Crippen LogP contribution in [0.25, 0.3) is 11.5 Å². The molecule has 0 radical (unpaired) electrons. The number of piperazine rings is 1. The topological polar surface area (TPSA) is 83.0 Å². The highest BCUT2D eigenvalue weighted by Crippen LogP contribution is 2.22. The highest BCUT2D eigenvalue weighted by molar-refractivity contribution is 7.10. The largest absolute Gasteiger partial charge is 0.461 e. The molecule has 0 saturated carbocycles. The first-order valence-corrected chi connectivity index (χ1v) is 9.32. The molecule has 4 heterocycles. The van der Waals surface area contributed by atoms with E-state index in [0.29, 0.717) is 31.2 Å². The molecule has 4 rings (SSSR count). The summed E-state index contributed by atoms with van der Waals surface area (Å²) in [5.41, 5.74) is 0.281. The molecule has 0 aliphatic carbocycles. The number of thiophene rings is 1. The molecule has 0 bridgehead atoms. The van der Waals surface area contributed by atoms with Gasteiger partial charge in [-0.3, -0.25) is 9.69 Å². The van der Waals surface area contributed by atoms with Crippen molar-refractivity contribution in [1.29, 1.82) is 0 Å². The van der Waals surface area contributed by atoms with Crippen LogP contribution in [-0.2, 0) is 0 Å². The summed E-state index contributed by atoms with van der Waals surface area (Å²) in [6.07, 6.45) is 1.06. The molecular formula is C18H19N3O4S. The van der Waals surface area contributed by atoms with Gasteiger partial charge in [0.1, 0.15) is 6.10 Å². The molecule has 1 aliphatic heterocycles. The van der Waals surface area contributed by atoms with Gasteiger partial charge in [-0.25, -0.2) is 0 Å². The minimum Gasteiger partial charge on any atom is -0.461 e. The van der Waals surface area contributed by atoms with E-state index in [2.05, 4.69) is 10.1 Å². The van der Waals surface area contributed by atoms with E-state index in [1.54, 1.807) is 40.7 Å². The minimum atomic E-state index is -0.483. The van der Waals surface area contributed by atoms with Crippen LogP contribution in [0.15, 0.2) is 50.9 Å². The lowest BCUT2D eigenvalue weighted by molar-refractivity contribution is 0.0525. The average Bonchev–Trinajstić information content (AvgIpc) is 3.43. The number of β-amino-alcohol motifs (C(OH)–C–C–N with tert-alkyl or cyclic N) is 1. The molecule has 1 unspecified atom stereocenters. The zero-order valence-corrected chi connectivity index (χ0v) is 14.9. The van der Waals surface area contributed by atoms with Gasteiger partial charge in [0.15, 0.2) is 11.5 Å². The predicted molar refractivity (Wildman–Crippen MR) is 95.8 cm³/mol. The molecule has 0 aromatic carbocycles. The van der Waals surface area contributed by atoms with Gasteiger partial charge in [0.2, 0.25) is 5.76 Å². The highest BCUT2D eigenvalue weighted by atomic mass is 32.1. The molecule has 26 heavy (non-hydrogen) atoms. The number of rotatable bonds is 5. The maximum absolute atomic E-state index is 12.6. The van der Waals surface area contributed by atoms with Gasteiger partial charge in [0.25, 0.3) is 5.91 Å². The fraction of sp³-hybridized carbons (Fsp3) is 0.333. The number of hydrogen-bond acceptors (Lipinski definition) is 7. The summed E-state index contributed by atoms with van der Waals surface area (Å²) < 4.78 is 10.5. The Kier molecular flexibility index (Phi) is 4.87. The number of aromatic nitrogens is 1. The molecule has 8 heteroatoms. The Morgan fingerprint density at radius 1 is 1.23 bits per heavy atom. The fourth-order valence-corrected chi connectivity index (χ4v) is 3.72. The summed E-state index contributed by atoms with van der Waals surface area (Å²) in [7, 11) is 0. The third kappa shape index (κ3) is 3.57. The number of carbonyl (C=O) groups is 1. The van der Waals surface area contributed by atoms with Crippen molar-refractivity contribution in [1.82, 2.24) is 15.0 Å². The molecule has 136 valence electrons. The van der Waals surface area contributed by atoms with Gasteiger partial charge in [-0.15, -0.1) is 11.3 Å². The monoisotopic (exact) mass is 373 g/mol. The van der Waals surface area contributed by atoms with E-state index in [0.717, 1.165) is 18.0 Å². The first-order valence-electron chi connectivity index (χ1n) is 8.44. The number of hydrogen-bond donors (Lipinski definition) is 1. The van der Waals surface area contributed by atoms with Crippen molar-refractivity contribution in [3.63, 3.8) is 0 Å². The van der Waals surface area contributed by atoms with Crippen LogP contribution in [0.5, 0.6) is 0 Å². The Morgan fingerprint density at radius 2 is 2.08 bits per heavy atom. The van der Waals surface area contributed by atoms with Crippen LogP contribution in [0, 0.1) is 0 Å². The van der Waals surface area contributed by atoms with E-state index in [4.69, 9.17) is 8.94 Å². The SMILES string of the molecule is O=C(c1cc(-c2ccco2)on1)N1CCN(CC(O)c2cccs2)CC1. The molecule has 3 aromatic heterocycles. The van der Waals surface area contributed by atoms with Crippen molar-refractivity contribution in [2.24, 2.45) is 0 Å². The molecule has 1 atom stereocenters. The second-order valence-corrected chi connectivity index (χ2v) is 7.16. The third-order valence-electron chi connectivity index (χ3n) is 4.46. The first kappa shape index (κ1) is 17.0. The van der Waals surface area contributed by atoms with Gasteiger partial charge >= 0.3 is 0 Å². The van der Waals surface area contributed by atoms with Gasteiger partial charge in [-0.05, 0) is 23.6 Å². The van der Waals surface area contributed by atoms with Crippen molar-refractivity contribution in [2.45, 2.75) is 6.10 Å². The maximum atomic E-state index is 12.6. The number of furan rings is 1. The molecular weight excluding hydrogens is 354 g/mol. The fourth-order valence-electron chi connectivity index (χ4n) is 3.02. The van der Waals surface area contributed by atoms with Crippen LogP contribution < -0.4 is 0 Å². The standard InChI is InChI=1S/C18H19N3O4S/c22-14(17-4-2-10-26-17)12-20-5-7-21(8-6-20)18(23)13-11-16(25-19-13)15-3-1-9-24-15/h1-4,9-11,14,22H,5-8,12H2. The number of amides is 1. The number of aliphatic hydroxyl groups is 1. The van der Waals surface area contributed by atoms with Crippen molar-refractivity contribution in [3.8, 4) is 11.5 Å². The second-order valence-electron chi connectivity index (χ2n) is 6.18. The Morgan fingerprint density at radius 3 is 2.77 bits per heavy atom. The normalized spacial score (nSPS) is 16.7. The summed E-state index contributed by atoms with van der Waals surface area (Å²) >= 11 is 1.56. The van der Waals surface area contributed by atoms with Gasteiger partial charge in [0.05, 0.1) is 6.26 Å². The zero-order valence-electron chi connectivity index (χ0n) is 14.1. The first-order chi connectivity index (χ1) is 12.7. The molecule has 1 N–H and O–H groups in total. The van der Waals surface area contributed by atoms with E-state index in [1.165, 1.54) is 0 Å². The molecule has 1 amide bonds. The Bertz CT molecular complexity index is 836. The van der Waals surface area contributed by atoms with Crippen molar-refractivity contribution >= 4 is 17.2 Å². The summed E-state index contributed by atoms with van der Waals surface area (Å²) in [5, 5.41) is 16.1. The highest BCUT2D eigenvalue weighted by Gasteiger charge is 2.26. The molecule has 1 fully saturated rings. The quantitative estimate of drug-likeness (QED) is 0.740. The van der Waals surface area contributed by atoms with Crippen molar-refractivity contribution < 1.29 is 18.8 Å². The maximum Gasteiger partial charge on any atom is 0.276 e. The smallest absolute Gasteiger partial charge is 0.276 e. The second kappa shape index (κ2) is 7.45. The van der Waals surface area contributed by atoms with E-state index in [1.807, 2.05) is 17.5 Å². The summed E-state index contributed by atoms with van der Waals surface area (Å²) in [6, 6.07) is 8.99. The van der Waals surface area contributed by atoms with E-state index in [9.17, 15) is 9.90 Å². The zero-order chi connectivity index (χ0) is 17.9. The molecule has 1 aliphatic rings.